The summed E-state index contributed by atoms with van der Waals surface area (Å²) in [5, 5.41) is 12.8. The number of hydrogen-bond donors (Lipinski definition) is 2. The first-order valence-electron chi connectivity index (χ1n) is 6.27. The molecule has 2 heteroatoms. The maximum absolute atomic E-state index is 9.17. The van der Waals surface area contributed by atoms with Gasteiger partial charge in [-0.15, -0.1) is 0 Å². The highest BCUT2D eigenvalue weighted by atomic mass is 16.3. The first-order chi connectivity index (χ1) is 7.75. The molecule has 1 fully saturated rings. The maximum Gasteiger partial charge on any atom is 0.115 e. The molecule has 0 spiro atoms. The number of hydrogen-bond acceptors (Lipinski definition) is 2. The minimum atomic E-state index is 0.348. The van der Waals surface area contributed by atoms with E-state index >= 15 is 0 Å². The molecule has 2 N–H and O–H groups in total. The summed E-state index contributed by atoms with van der Waals surface area (Å²) in [5.74, 6) is 1.18. The second kappa shape index (κ2) is 5.35. The van der Waals surface area contributed by atoms with Gasteiger partial charge in [-0.05, 0) is 49.4 Å². The van der Waals surface area contributed by atoms with E-state index in [1.165, 1.54) is 24.8 Å². The average Bonchev–Trinajstić information content (AvgIpc) is 2.68. The van der Waals surface area contributed by atoms with Crippen LogP contribution in [0.5, 0.6) is 5.75 Å². The summed E-state index contributed by atoms with van der Waals surface area (Å²) in [4.78, 5) is 0. The molecule has 0 saturated heterocycles. The van der Waals surface area contributed by atoms with Crippen molar-refractivity contribution in [3.05, 3.63) is 29.8 Å². The Labute approximate surface area is 97.7 Å². The highest BCUT2D eigenvalue weighted by Crippen LogP contribution is 2.24. The van der Waals surface area contributed by atoms with Gasteiger partial charge in [0.25, 0.3) is 0 Å². The normalized spacial score (nSPS) is 24.8. The van der Waals surface area contributed by atoms with Crippen LogP contribution >= 0.6 is 0 Å². The fourth-order valence-corrected chi connectivity index (χ4v) is 2.51. The molecule has 0 radical (unpaired) electrons. The van der Waals surface area contributed by atoms with Crippen molar-refractivity contribution in [1.82, 2.24) is 5.32 Å². The Morgan fingerprint density at radius 1 is 1.25 bits per heavy atom. The third-order valence-corrected chi connectivity index (χ3v) is 3.62. The molecular weight excluding hydrogens is 198 g/mol. The van der Waals surface area contributed by atoms with Gasteiger partial charge in [0.15, 0.2) is 0 Å². The number of rotatable bonds is 4. The topological polar surface area (TPSA) is 32.3 Å². The van der Waals surface area contributed by atoms with Crippen molar-refractivity contribution in [3.8, 4) is 5.75 Å². The van der Waals surface area contributed by atoms with Crippen LogP contribution in [0.2, 0.25) is 0 Å². The molecule has 2 unspecified atom stereocenters. The molecule has 0 bridgehead atoms. The number of benzene rings is 1. The van der Waals surface area contributed by atoms with E-state index in [2.05, 4.69) is 12.2 Å². The summed E-state index contributed by atoms with van der Waals surface area (Å²) in [6.07, 6.45) is 5.12. The Morgan fingerprint density at radius 3 is 2.62 bits per heavy atom. The van der Waals surface area contributed by atoms with Gasteiger partial charge >= 0.3 is 0 Å². The molecular formula is C14H21NO. The first kappa shape index (κ1) is 11.5. The summed E-state index contributed by atoms with van der Waals surface area (Å²) >= 11 is 0. The van der Waals surface area contributed by atoms with Crippen LogP contribution < -0.4 is 5.32 Å². The molecule has 1 aromatic rings. The van der Waals surface area contributed by atoms with Crippen molar-refractivity contribution in [3.63, 3.8) is 0 Å². The molecule has 0 aromatic heterocycles. The lowest BCUT2D eigenvalue weighted by atomic mass is 10.1. The molecule has 2 atom stereocenters. The molecule has 88 valence electrons. The zero-order valence-corrected chi connectivity index (χ0v) is 9.95. The Balaban J connectivity index is 1.73. The minimum Gasteiger partial charge on any atom is -0.508 e. The lowest BCUT2D eigenvalue weighted by molar-refractivity contribution is 0.430. The summed E-state index contributed by atoms with van der Waals surface area (Å²) < 4.78 is 0. The van der Waals surface area contributed by atoms with Crippen molar-refractivity contribution < 1.29 is 5.11 Å². The average molecular weight is 219 g/mol. The van der Waals surface area contributed by atoms with Crippen LogP contribution in [0.1, 0.15) is 31.7 Å². The minimum absolute atomic E-state index is 0.348. The Kier molecular flexibility index (Phi) is 3.83. The van der Waals surface area contributed by atoms with E-state index in [0.717, 1.165) is 24.9 Å². The smallest absolute Gasteiger partial charge is 0.115 e. The Hall–Kier alpha value is -1.02. The monoisotopic (exact) mass is 219 g/mol. The van der Waals surface area contributed by atoms with Gasteiger partial charge in [-0.1, -0.05) is 25.5 Å². The zero-order chi connectivity index (χ0) is 11.4. The molecule has 0 heterocycles. The largest absolute Gasteiger partial charge is 0.508 e. The quantitative estimate of drug-likeness (QED) is 0.816. The van der Waals surface area contributed by atoms with Gasteiger partial charge in [-0.3, -0.25) is 0 Å². The van der Waals surface area contributed by atoms with Crippen LogP contribution in [0.15, 0.2) is 24.3 Å². The van der Waals surface area contributed by atoms with E-state index in [0.29, 0.717) is 5.75 Å². The van der Waals surface area contributed by atoms with Crippen molar-refractivity contribution >= 4 is 0 Å². The van der Waals surface area contributed by atoms with Crippen LogP contribution in [-0.2, 0) is 6.42 Å². The summed E-state index contributed by atoms with van der Waals surface area (Å²) in [7, 11) is 0. The second-order valence-corrected chi connectivity index (χ2v) is 4.89. The van der Waals surface area contributed by atoms with Gasteiger partial charge in [-0.25, -0.2) is 0 Å². The molecule has 2 nitrogen and oxygen atoms in total. The SMILES string of the molecule is CC1CCCC1NCCc1ccc(O)cc1. The van der Waals surface area contributed by atoms with E-state index < -0.39 is 0 Å². The molecule has 1 aromatic carbocycles. The third kappa shape index (κ3) is 2.99. The highest BCUT2D eigenvalue weighted by Gasteiger charge is 2.21. The van der Waals surface area contributed by atoms with Crippen LogP contribution in [0.4, 0.5) is 0 Å². The summed E-state index contributed by atoms with van der Waals surface area (Å²) in [6.45, 7) is 3.38. The highest BCUT2D eigenvalue weighted by molar-refractivity contribution is 5.25. The van der Waals surface area contributed by atoms with Crippen molar-refractivity contribution in [2.24, 2.45) is 5.92 Å². The predicted molar refractivity (Wildman–Crippen MR) is 66.6 cm³/mol. The first-order valence-corrected chi connectivity index (χ1v) is 6.27. The summed E-state index contributed by atoms with van der Waals surface area (Å²) in [6, 6.07) is 8.22. The second-order valence-electron chi connectivity index (χ2n) is 4.89. The zero-order valence-electron chi connectivity index (χ0n) is 9.95. The molecule has 0 amide bonds. The maximum atomic E-state index is 9.17. The van der Waals surface area contributed by atoms with Crippen LogP contribution in [-0.4, -0.2) is 17.7 Å². The lowest BCUT2D eigenvalue weighted by Crippen LogP contribution is -2.32. The fraction of sp³-hybridized carbons (Fsp3) is 0.571. The van der Waals surface area contributed by atoms with Gasteiger partial charge in [-0.2, -0.15) is 0 Å². The summed E-state index contributed by atoms with van der Waals surface area (Å²) in [5.41, 5.74) is 1.29. The molecule has 1 aliphatic carbocycles. The number of nitrogens with one attached hydrogen (secondary N) is 1. The Morgan fingerprint density at radius 2 is 2.00 bits per heavy atom. The number of aromatic hydroxyl groups is 1. The van der Waals surface area contributed by atoms with E-state index in [1.54, 1.807) is 12.1 Å². The van der Waals surface area contributed by atoms with Crippen LogP contribution in [0.3, 0.4) is 0 Å². The van der Waals surface area contributed by atoms with Gasteiger partial charge in [0.1, 0.15) is 5.75 Å². The van der Waals surface area contributed by atoms with Gasteiger partial charge in [0.2, 0.25) is 0 Å². The fourth-order valence-electron chi connectivity index (χ4n) is 2.51. The van der Waals surface area contributed by atoms with Crippen molar-refractivity contribution in [1.29, 1.82) is 0 Å². The standard InChI is InChI=1S/C14H21NO/c1-11-3-2-4-14(11)15-10-9-12-5-7-13(16)8-6-12/h5-8,11,14-16H,2-4,9-10H2,1H3. The molecule has 16 heavy (non-hydrogen) atoms. The molecule has 2 rings (SSSR count). The number of phenolic OH excluding ortho intramolecular Hbond substituents is 1. The van der Waals surface area contributed by atoms with E-state index in [9.17, 15) is 5.11 Å². The molecule has 1 saturated carbocycles. The lowest BCUT2D eigenvalue weighted by Gasteiger charge is -2.17. The van der Waals surface area contributed by atoms with E-state index in [-0.39, 0.29) is 0 Å². The van der Waals surface area contributed by atoms with Crippen molar-refractivity contribution in [2.75, 3.05) is 6.54 Å². The van der Waals surface area contributed by atoms with Gasteiger partial charge < -0.3 is 10.4 Å². The van der Waals surface area contributed by atoms with Gasteiger partial charge in [0.05, 0.1) is 0 Å². The van der Waals surface area contributed by atoms with E-state index in [4.69, 9.17) is 0 Å². The van der Waals surface area contributed by atoms with E-state index in [1.807, 2.05) is 12.1 Å². The third-order valence-electron chi connectivity index (χ3n) is 3.62. The molecule has 0 aliphatic heterocycles. The Bertz CT molecular complexity index is 320. The number of phenols is 1. The van der Waals surface area contributed by atoms with Crippen molar-refractivity contribution in [2.45, 2.75) is 38.6 Å². The predicted octanol–water partition coefficient (Wildman–Crippen LogP) is 2.71. The van der Waals surface area contributed by atoms with Gasteiger partial charge in [0, 0.05) is 6.04 Å². The van der Waals surface area contributed by atoms with Crippen LogP contribution in [0.25, 0.3) is 0 Å². The van der Waals surface area contributed by atoms with Crippen LogP contribution in [0, 0.1) is 5.92 Å². The molecule has 1 aliphatic rings.